The second-order valence-corrected chi connectivity index (χ2v) is 6.86. The second kappa shape index (κ2) is 7.49. The Hall–Kier alpha value is -1.65. The van der Waals surface area contributed by atoms with Gasteiger partial charge in [-0.3, -0.25) is 4.79 Å². The van der Waals surface area contributed by atoms with E-state index in [1.54, 1.807) is 6.08 Å². The molecule has 3 atom stereocenters. The Bertz CT molecular complexity index is 613. The molecule has 1 aromatic rings. The van der Waals surface area contributed by atoms with Crippen LogP contribution in [-0.4, -0.2) is 49.3 Å². The fourth-order valence-electron chi connectivity index (χ4n) is 3.83. The van der Waals surface area contributed by atoms with Crippen molar-refractivity contribution in [3.8, 4) is 0 Å². The molecule has 130 valence electrons. The van der Waals surface area contributed by atoms with E-state index in [1.165, 1.54) is 5.56 Å². The zero-order chi connectivity index (χ0) is 17.1. The molecule has 1 aliphatic carbocycles. The van der Waals surface area contributed by atoms with Crippen molar-refractivity contribution in [2.24, 2.45) is 5.92 Å². The molecule has 1 saturated carbocycles. The molecule has 3 unspecified atom stereocenters. The normalized spacial score (nSPS) is 26.2. The van der Waals surface area contributed by atoms with E-state index < -0.39 is 0 Å². The number of carbonyl (C=O) groups excluding carboxylic acids is 1. The Balaban J connectivity index is 1.71. The Morgan fingerprint density at radius 3 is 2.96 bits per heavy atom. The lowest BCUT2D eigenvalue weighted by Crippen LogP contribution is -2.53. The molecule has 1 aliphatic heterocycles. The number of rotatable bonds is 5. The molecule has 2 aliphatic rings. The first kappa shape index (κ1) is 17.2. The third-order valence-electron chi connectivity index (χ3n) is 5.30. The van der Waals surface area contributed by atoms with Gasteiger partial charge in [-0.05, 0) is 49.9 Å². The predicted molar refractivity (Wildman–Crippen MR) is 94.2 cm³/mol. The van der Waals surface area contributed by atoms with Crippen LogP contribution in [0.5, 0.6) is 0 Å². The van der Waals surface area contributed by atoms with Crippen molar-refractivity contribution in [1.29, 1.82) is 0 Å². The summed E-state index contributed by atoms with van der Waals surface area (Å²) in [7, 11) is 0. The van der Waals surface area contributed by atoms with Crippen molar-refractivity contribution < 1.29 is 14.3 Å². The Labute approximate surface area is 144 Å². The van der Waals surface area contributed by atoms with E-state index in [0.29, 0.717) is 32.3 Å². The molecular formula is C20H27NO3. The van der Waals surface area contributed by atoms with Crippen LogP contribution in [0, 0.1) is 19.8 Å². The van der Waals surface area contributed by atoms with Crippen LogP contribution >= 0.6 is 0 Å². The maximum atomic E-state index is 13.0. The number of fused-ring (bicyclic) bond motifs is 1. The third kappa shape index (κ3) is 3.40. The van der Waals surface area contributed by atoms with Crippen LogP contribution in [0.4, 0.5) is 0 Å². The van der Waals surface area contributed by atoms with Gasteiger partial charge in [0.1, 0.15) is 0 Å². The largest absolute Gasteiger partial charge is 0.377 e. The van der Waals surface area contributed by atoms with Crippen LogP contribution in [0.15, 0.2) is 30.9 Å². The fraction of sp³-hybridized carbons (Fsp3) is 0.550. The summed E-state index contributed by atoms with van der Waals surface area (Å²) in [6.07, 6.45) is 3.90. The molecular weight excluding hydrogens is 302 g/mol. The summed E-state index contributed by atoms with van der Waals surface area (Å²) in [5, 5.41) is 0. The Morgan fingerprint density at radius 2 is 2.21 bits per heavy atom. The standard InChI is InChI=1S/C20H27NO3/c1-4-10-23-13-17-7-8-18-19(17)24-11-9-21(18)20(22)16-6-5-14(2)15(3)12-16/h4-6,12,17-19H,1,7-11,13H2,2-3H3. The highest BCUT2D eigenvalue weighted by Crippen LogP contribution is 2.35. The van der Waals surface area contributed by atoms with Gasteiger partial charge in [-0.25, -0.2) is 0 Å². The number of carbonyl (C=O) groups is 1. The number of hydrogen-bond donors (Lipinski definition) is 0. The van der Waals surface area contributed by atoms with Crippen molar-refractivity contribution >= 4 is 5.91 Å². The van der Waals surface area contributed by atoms with E-state index in [4.69, 9.17) is 9.47 Å². The van der Waals surface area contributed by atoms with Gasteiger partial charge >= 0.3 is 0 Å². The van der Waals surface area contributed by atoms with E-state index in [9.17, 15) is 4.79 Å². The second-order valence-electron chi connectivity index (χ2n) is 6.86. The van der Waals surface area contributed by atoms with Crippen LogP contribution in [0.25, 0.3) is 0 Å². The van der Waals surface area contributed by atoms with Gasteiger partial charge in [0, 0.05) is 18.0 Å². The summed E-state index contributed by atoms with van der Waals surface area (Å²) in [4.78, 5) is 15.0. The molecule has 2 fully saturated rings. The van der Waals surface area contributed by atoms with Gasteiger partial charge in [-0.15, -0.1) is 6.58 Å². The zero-order valence-electron chi connectivity index (χ0n) is 14.7. The van der Waals surface area contributed by atoms with Gasteiger partial charge in [-0.2, -0.15) is 0 Å². The maximum Gasteiger partial charge on any atom is 0.254 e. The van der Waals surface area contributed by atoms with Crippen molar-refractivity contribution in [1.82, 2.24) is 4.90 Å². The SMILES string of the molecule is C=CCOCC1CCC2C1OCCN2C(=O)c1ccc(C)c(C)c1. The highest BCUT2D eigenvalue weighted by atomic mass is 16.5. The quantitative estimate of drug-likeness (QED) is 0.615. The molecule has 1 saturated heterocycles. The molecule has 0 bridgehead atoms. The van der Waals surface area contributed by atoms with Gasteiger partial charge in [0.05, 0.1) is 32.0 Å². The number of hydrogen-bond acceptors (Lipinski definition) is 3. The summed E-state index contributed by atoms with van der Waals surface area (Å²) < 4.78 is 11.6. The van der Waals surface area contributed by atoms with E-state index in [0.717, 1.165) is 24.0 Å². The summed E-state index contributed by atoms with van der Waals surface area (Å²) >= 11 is 0. The summed E-state index contributed by atoms with van der Waals surface area (Å²) in [6.45, 7) is 10.3. The molecule has 1 amide bonds. The van der Waals surface area contributed by atoms with Crippen LogP contribution in [0.2, 0.25) is 0 Å². The molecule has 4 heteroatoms. The first-order valence-corrected chi connectivity index (χ1v) is 8.80. The topological polar surface area (TPSA) is 38.8 Å². The lowest BCUT2D eigenvalue weighted by atomic mass is 10.0. The van der Waals surface area contributed by atoms with E-state index in [1.807, 2.05) is 23.1 Å². The van der Waals surface area contributed by atoms with Gasteiger partial charge in [0.25, 0.3) is 5.91 Å². The monoisotopic (exact) mass is 329 g/mol. The highest BCUT2D eigenvalue weighted by molar-refractivity contribution is 5.94. The number of morpholine rings is 1. The highest BCUT2D eigenvalue weighted by Gasteiger charge is 2.44. The first-order chi connectivity index (χ1) is 11.6. The minimum absolute atomic E-state index is 0.0964. The molecule has 0 radical (unpaired) electrons. The molecule has 1 heterocycles. The van der Waals surface area contributed by atoms with Crippen molar-refractivity contribution in [2.45, 2.75) is 38.8 Å². The number of amides is 1. The average Bonchev–Trinajstić information content (AvgIpc) is 3.00. The van der Waals surface area contributed by atoms with Crippen molar-refractivity contribution in [3.05, 3.63) is 47.5 Å². The number of nitrogens with zero attached hydrogens (tertiary/aromatic N) is 1. The summed E-state index contributed by atoms with van der Waals surface area (Å²) in [6, 6.07) is 6.14. The Kier molecular flexibility index (Phi) is 5.36. The van der Waals surface area contributed by atoms with E-state index in [-0.39, 0.29) is 18.1 Å². The first-order valence-electron chi connectivity index (χ1n) is 8.80. The molecule has 0 spiro atoms. The minimum Gasteiger partial charge on any atom is -0.377 e. The smallest absolute Gasteiger partial charge is 0.254 e. The molecule has 1 aromatic carbocycles. The molecule has 0 aromatic heterocycles. The van der Waals surface area contributed by atoms with Crippen LogP contribution < -0.4 is 0 Å². The lowest BCUT2D eigenvalue weighted by Gasteiger charge is -2.39. The number of aryl methyl sites for hydroxylation is 2. The summed E-state index contributed by atoms with van der Waals surface area (Å²) in [5.74, 6) is 0.495. The zero-order valence-corrected chi connectivity index (χ0v) is 14.7. The molecule has 4 nitrogen and oxygen atoms in total. The van der Waals surface area contributed by atoms with Crippen LogP contribution in [0.3, 0.4) is 0 Å². The molecule has 3 rings (SSSR count). The fourth-order valence-corrected chi connectivity index (χ4v) is 3.83. The van der Waals surface area contributed by atoms with E-state index in [2.05, 4.69) is 20.4 Å². The van der Waals surface area contributed by atoms with E-state index >= 15 is 0 Å². The summed E-state index contributed by atoms with van der Waals surface area (Å²) in [5.41, 5.74) is 3.16. The number of ether oxygens (including phenoxy) is 2. The Morgan fingerprint density at radius 1 is 1.38 bits per heavy atom. The van der Waals surface area contributed by atoms with Gasteiger partial charge < -0.3 is 14.4 Å². The lowest BCUT2D eigenvalue weighted by molar-refractivity contribution is -0.0738. The van der Waals surface area contributed by atoms with Crippen LogP contribution in [-0.2, 0) is 9.47 Å². The molecule has 0 N–H and O–H groups in total. The number of benzene rings is 1. The molecule has 24 heavy (non-hydrogen) atoms. The predicted octanol–water partition coefficient (Wildman–Crippen LogP) is 3.13. The maximum absolute atomic E-state index is 13.0. The van der Waals surface area contributed by atoms with Crippen LogP contribution in [0.1, 0.15) is 34.3 Å². The van der Waals surface area contributed by atoms with Crippen molar-refractivity contribution in [2.75, 3.05) is 26.4 Å². The van der Waals surface area contributed by atoms with Crippen molar-refractivity contribution in [3.63, 3.8) is 0 Å². The minimum atomic E-state index is 0.0964. The van der Waals surface area contributed by atoms with Gasteiger partial charge in [-0.1, -0.05) is 12.1 Å². The van der Waals surface area contributed by atoms with Gasteiger partial charge in [0.2, 0.25) is 0 Å². The third-order valence-corrected chi connectivity index (χ3v) is 5.30. The average molecular weight is 329 g/mol. The van der Waals surface area contributed by atoms with Gasteiger partial charge in [0.15, 0.2) is 0 Å².